The molecule has 0 unspecified atom stereocenters. The van der Waals surface area contributed by atoms with Crippen LogP contribution in [-0.2, 0) is 20.1 Å². The fourth-order valence-corrected chi connectivity index (χ4v) is 2.40. The summed E-state index contributed by atoms with van der Waals surface area (Å²) in [6, 6.07) is 0. The van der Waals surface area contributed by atoms with Crippen molar-refractivity contribution in [2.75, 3.05) is 0 Å². The van der Waals surface area contributed by atoms with E-state index in [0.717, 1.165) is 23.1 Å². The van der Waals surface area contributed by atoms with Gasteiger partial charge in [0.25, 0.3) is 0 Å². The molecular formula is C10H15N5S. The Hall–Kier alpha value is -1.27. The van der Waals surface area contributed by atoms with E-state index in [1.54, 1.807) is 22.3 Å². The summed E-state index contributed by atoms with van der Waals surface area (Å²) in [6.45, 7) is 5.59. The van der Waals surface area contributed by atoms with Gasteiger partial charge in [0, 0.05) is 18.5 Å². The SMILES string of the molecule is Cc1nc(C)c(CNCc2ncn(C)n2)s1. The predicted octanol–water partition coefficient (Wildman–Crippen LogP) is 1.18. The van der Waals surface area contributed by atoms with E-state index in [9.17, 15) is 0 Å². The minimum absolute atomic E-state index is 0.692. The molecule has 0 aliphatic heterocycles. The van der Waals surface area contributed by atoms with Gasteiger partial charge in [0.2, 0.25) is 0 Å². The average Bonchev–Trinajstić information content (AvgIpc) is 2.74. The third-order valence-corrected chi connectivity index (χ3v) is 3.29. The number of rotatable bonds is 4. The molecule has 0 fully saturated rings. The molecule has 0 saturated heterocycles. The van der Waals surface area contributed by atoms with Crippen LogP contribution >= 0.6 is 11.3 Å². The van der Waals surface area contributed by atoms with E-state index in [1.165, 1.54) is 4.88 Å². The Morgan fingerprint density at radius 3 is 2.75 bits per heavy atom. The second-order valence-electron chi connectivity index (χ2n) is 3.68. The fraction of sp³-hybridized carbons (Fsp3) is 0.500. The van der Waals surface area contributed by atoms with Crippen LogP contribution in [0.4, 0.5) is 0 Å². The van der Waals surface area contributed by atoms with Crippen LogP contribution in [0, 0.1) is 13.8 Å². The van der Waals surface area contributed by atoms with Gasteiger partial charge >= 0.3 is 0 Å². The van der Waals surface area contributed by atoms with Gasteiger partial charge in [-0.2, -0.15) is 5.10 Å². The molecule has 5 nitrogen and oxygen atoms in total. The Labute approximate surface area is 98.5 Å². The molecule has 0 spiro atoms. The third-order valence-electron chi connectivity index (χ3n) is 2.22. The standard InChI is InChI=1S/C10H15N5S/c1-7-9(16-8(2)13-7)4-11-5-10-12-6-15(3)14-10/h6,11H,4-5H2,1-3H3. The van der Waals surface area contributed by atoms with Gasteiger partial charge in [-0.15, -0.1) is 11.3 Å². The van der Waals surface area contributed by atoms with Crippen molar-refractivity contribution in [3.05, 3.63) is 27.7 Å². The number of nitrogens with zero attached hydrogens (tertiary/aromatic N) is 4. The molecule has 2 rings (SSSR count). The van der Waals surface area contributed by atoms with Crippen LogP contribution in [0.2, 0.25) is 0 Å². The van der Waals surface area contributed by atoms with Crippen molar-refractivity contribution in [3.8, 4) is 0 Å². The first-order chi connectivity index (χ1) is 7.65. The fourth-order valence-electron chi connectivity index (χ4n) is 1.49. The van der Waals surface area contributed by atoms with Gasteiger partial charge in [-0.3, -0.25) is 4.68 Å². The topological polar surface area (TPSA) is 55.6 Å². The number of aryl methyl sites for hydroxylation is 3. The highest BCUT2D eigenvalue weighted by molar-refractivity contribution is 7.11. The summed E-state index contributed by atoms with van der Waals surface area (Å²) in [5, 5.41) is 8.63. The van der Waals surface area contributed by atoms with Crippen molar-refractivity contribution in [1.82, 2.24) is 25.1 Å². The van der Waals surface area contributed by atoms with Crippen LogP contribution < -0.4 is 5.32 Å². The number of thiazole rings is 1. The third kappa shape index (κ3) is 2.65. The van der Waals surface area contributed by atoms with Crippen molar-refractivity contribution < 1.29 is 0 Å². The summed E-state index contributed by atoms with van der Waals surface area (Å²) >= 11 is 1.74. The second-order valence-corrected chi connectivity index (χ2v) is 4.97. The minimum atomic E-state index is 0.692. The summed E-state index contributed by atoms with van der Waals surface area (Å²) in [6.07, 6.45) is 1.71. The first-order valence-corrected chi connectivity index (χ1v) is 5.95. The maximum absolute atomic E-state index is 4.38. The lowest BCUT2D eigenvalue weighted by Crippen LogP contribution is -2.13. The molecule has 1 N–H and O–H groups in total. The van der Waals surface area contributed by atoms with Gasteiger partial charge in [0.05, 0.1) is 17.2 Å². The van der Waals surface area contributed by atoms with Crippen molar-refractivity contribution in [1.29, 1.82) is 0 Å². The van der Waals surface area contributed by atoms with Crippen molar-refractivity contribution in [2.45, 2.75) is 26.9 Å². The Morgan fingerprint density at radius 2 is 2.19 bits per heavy atom. The maximum atomic E-state index is 4.38. The van der Waals surface area contributed by atoms with Gasteiger partial charge in [0.15, 0.2) is 5.82 Å². The van der Waals surface area contributed by atoms with Crippen LogP contribution in [0.5, 0.6) is 0 Å². The number of nitrogens with one attached hydrogen (secondary N) is 1. The summed E-state index contributed by atoms with van der Waals surface area (Å²) in [5.74, 6) is 0.821. The number of hydrogen-bond acceptors (Lipinski definition) is 5. The monoisotopic (exact) mass is 237 g/mol. The molecule has 2 heterocycles. The minimum Gasteiger partial charge on any atom is -0.305 e. The van der Waals surface area contributed by atoms with E-state index in [4.69, 9.17) is 0 Å². The van der Waals surface area contributed by atoms with Crippen LogP contribution in [0.25, 0.3) is 0 Å². The van der Waals surface area contributed by atoms with Crippen LogP contribution in [0.1, 0.15) is 21.4 Å². The van der Waals surface area contributed by atoms with Crippen LogP contribution in [0.3, 0.4) is 0 Å². The molecule has 0 aromatic carbocycles. The van der Waals surface area contributed by atoms with E-state index in [2.05, 4.69) is 20.4 Å². The summed E-state index contributed by atoms with van der Waals surface area (Å²) < 4.78 is 1.71. The van der Waals surface area contributed by atoms with E-state index in [1.807, 2.05) is 20.9 Å². The Balaban J connectivity index is 1.86. The van der Waals surface area contributed by atoms with Crippen molar-refractivity contribution >= 4 is 11.3 Å². The maximum Gasteiger partial charge on any atom is 0.164 e. The summed E-state index contributed by atoms with van der Waals surface area (Å²) in [7, 11) is 1.87. The zero-order chi connectivity index (χ0) is 11.5. The quantitative estimate of drug-likeness (QED) is 0.867. The predicted molar refractivity (Wildman–Crippen MR) is 63.1 cm³/mol. The normalized spacial score (nSPS) is 10.9. The largest absolute Gasteiger partial charge is 0.305 e. The lowest BCUT2D eigenvalue weighted by Gasteiger charge is -1.99. The molecular weight excluding hydrogens is 222 g/mol. The molecule has 0 amide bonds. The summed E-state index contributed by atoms with van der Waals surface area (Å²) in [4.78, 5) is 9.82. The van der Waals surface area contributed by atoms with Gasteiger partial charge in [-0.25, -0.2) is 9.97 Å². The molecule has 0 aliphatic carbocycles. The van der Waals surface area contributed by atoms with Crippen LogP contribution in [0.15, 0.2) is 6.33 Å². The van der Waals surface area contributed by atoms with E-state index >= 15 is 0 Å². The smallest absolute Gasteiger partial charge is 0.164 e. The average molecular weight is 237 g/mol. The number of hydrogen-bond donors (Lipinski definition) is 1. The van der Waals surface area contributed by atoms with Gasteiger partial charge in [-0.1, -0.05) is 0 Å². The highest BCUT2D eigenvalue weighted by Gasteiger charge is 2.04. The first kappa shape index (κ1) is 11.2. The van der Waals surface area contributed by atoms with Crippen molar-refractivity contribution in [2.24, 2.45) is 7.05 Å². The molecule has 0 saturated carbocycles. The molecule has 0 atom stereocenters. The molecule has 2 aromatic rings. The molecule has 0 bridgehead atoms. The van der Waals surface area contributed by atoms with E-state index < -0.39 is 0 Å². The Morgan fingerprint density at radius 1 is 1.38 bits per heavy atom. The summed E-state index contributed by atoms with van der Waals surface area (Å²) in [5.41, 5.74) is 1.11. The van der Waals surface area contributed by atoms with Crippen LogP contribution in [-0.4, -0.2) is 19.7 Å². The zero-order valence-corrected chi connectivity index (χ0v) is 10.5. The lowest BCUT2D eigenvalue weighted by molar-refractivity contribution is 0.651. The number of aromatic nitrogens is 4. The van der Waals surface area contributed by atoms with Crippen molar-refractivity contribution in [3.63, 3.8) is 0 Å². The molecule has 2 aromatic heterocycles. The van der Waals surface area contributed by atoms with Gasteiger partial charge in [-0.05, 0) is 13.8 Å². The molecule has 0 aliphatic rings. The Kier molecular flexibility index (Phi) is 3.31. The van der Waals surface area contributed by atoms with Gasteiger partial charge < -0.3 is 5.32 Å². The van der Waals surface area contributed by atoms with E-state index in [0.29, 0.717) is 6.54 Å². The zero-order valence-electron chi connectivity index (χ0n) is 9.69. The first-order valence-electron chi connectivity index (χ1n) is 5.13. The van der Waals surface area contributed by atoms with Gasteiger partial charge in [0.1, 0.15) is 6.33 Å². The highest BCUT2D eigenvalue weighted by atomic mass is 32.1. The van der Waals surface area contributed by atoms with E-state index in [-0.39, 0.29) is 0 Å². The highest BCUT2D eigenvalue weighted by Crippen LogP contribution is 2.16. The molecule has 16 heavy (non-hydrogen) atoms. The molecule has 86 valence electrons. The lowest BCUT2D eigenvalue weighted by atomic mass is 10.4. The molecule has 0 radical (unpaired) electrons. The second kappa shape index (κ2) is 4.71. The Bertz CT molecular complexity index is 473. The molecule has 6 heteroatoms.